The van der Waals surface area contributed by atoms with Crippen LogP contribution in [0.1, 0.15) is 43.1 Å². The molecule has 39 heavy (non-hydrogen) atoms. The van der Waals surface area contributed by atoms with Crippen molar-refractivity contribution in [1.82, 2.24) is 14.3 Å². The lowest BCUT2D eigenvalue weighted by molar-refractivity contribution is -0.137. The molecule has 1 aromatic heterocycles. The van der Waals surface area contributed by atoms with Crippen LogP contribution in [-0.2, 0) is 17.4 Å². The molecule has 1 saturated heterocycles. The van der Waals surface area contributed by atoms with Gasteiger partial charge in [-0.05, 0) is 42.3 Å². The zero-order chi connectivity index (χ0) is 27.8. The van der Waals surface area contributed by atoms with Crippen LogP contribution in [-0.4, -0.2) is 66.5 Å². The van der Waals surface area contributed by atoms with Crippen LogP contribution in [0.2, 0.25) is 0 Å². The number of carbonyl (C=O) groups is 1. The van der Waals surface area contributed by atoms with Crippen LogP contribution in [0.3, 0.4) is 0 Å². The van der Waals surface area contributed by atoms with E-state index in [-0.39, 0.29) is 5.91 Å². The maximum atomic E-state index is 13.1. The quantitative estimate of drug-likeness (QED) is 0.308. The first-order valence-corrected chi connectivity index (χ1v) is 13.9. The number of aromatic nitrogens is 2. The van der Waals surface area contributed by atoms with E-state index in [9.17, 15) is 18.0 Å². The molecule has 1 aliphatic rings. The number of hydrogen-bond donors (Lipinski definition) is 0. The van der Waals surface area contributed by atoms with E-state index in [1.165, 1.54) is 23.7 Å². The molecule has 0 atom stereocenters. The molecule has 0 spiro atoms. The lowest BCUT2D eigenvalue weighted by Gasteiger charge is -2.36. The third kappa shape index (κ3) is 7.84. The number of hydrogen-bond acceptors (Lipinski definition) is 7. The van der Waals surface area contributed by atoms with E-state index in [1.807, 2.05) is 29.2 Å². The molecule has 1 fully saturated rings. The van der Waals surface area contributed by atoms with Gasteiger partial charge in [-0.1, -0.05) is 31.5 Å². The van der Waals surface area contributed by atoms with Gasteiger partial charge in [0.25, 0.3) is 0 Å². The van der Waals surface area contributed by atoms with E-state index < -0.39 is 11.7 Å². The first kappa shape index (κ1) is 28.7. The summed E-state index contributed by atoms with van der Waals surface area (Å²) in [4.78, 5) is 23.6. The number of carbonyl (C=O) groups excluding carboxylic acids is 1. The van der Waals surface area contributed by atoms with Crippen LogP contribution >= 0.6 is 11.5 Å². The maximum Gasteiger partial charge on any atom is 0.416 e. The number of rotatable bonds is 11. The summed E-state index contributed by atoms with van der Waals surface area (Å²) < 4.78 is 49.1. The smallest absolute Gasteiger partial charge is 0.416 e. The van der Waals surface area contributed by atoms with Gasteiger partial charge in [-0.25, -0.2) is 4.98 Å². The number of methoxy groups -OCH3 is 1. The predicted molar refractivity (Wildman–Crippen MR) is 148 cm³/mol. The van der Waals surface area contributed by atoms with Crippen molar-refractivity contribution in [3.8, 4) is 5.75 Å². The summed E-state index contributed by atoms with van der Waals surface area (Å²) in [5.41, 5.74) is 0.941. The van der Waals surface area contributed by atoms with Crippen molar-refractivity contribution in [2.45, 2.75) is 38.8 Å². The molecule has 0 bridgehead atoms. The highest BCUT2D eigenvalue weighted by Gasteiger charge is 2.31. The van der Waals surface area contributed by atoms with Crippen LogP contribution in [0, 0.1) is 0 Å². The molecule has 4 rings (SSSR count). The van der Waals surface area contributed by atoms with Gasteiger partial charge >= 0.3 is 6.18 Å². The zero-order valence-electron chi connectivity index (χ0n) is 22.3. The molecular weight excluding hydrogens is 527 g/mol. The van der Waals surface area contributed by atoms with Crippen LogP contribution in [0.25, 0.3) is 0 Å². The Hall–Kier alpha value is -3.34. The fourth-order valence-corrected chi connectivity index (χ4v) is 5.28. The number of unbranched alkanes of at least 4 members (excludes halogenated alkanes) is 1. The second-order valence-corrected chi connectivity index (χ2v) is 10.3. The van der Waals surface area contributed by atoms with Crippen molar-refractivity contribution in [3.63, 3.8) is 0 Å². The Labute approximate surface area is 231 Å². The van der Waals surface area contributed by atoms with Crippen molar-refractivity contribution < 1.29 is 22.7 Å². The van der Waals surface area contributed by atoms with Gasteiger partial charge < -0.3 is 19.4 Å². The Balaban J connectivity index is 1.31. The number of ether oxygens (including phenoxy) is 1. The normalized spacial score (nSPS) is 14.0. The summed E-state index contributed by atoms with van der Waals surface area (Å²) in [6.45, 7) is 5.41. The minimum absolute atomic E-state index is 0.0429. The van der Waals surface area contributed by atoms with E-state index in [4.69, 9.17) is 9.72 Å². The lowest BCUT2D eigenvalue weighted by atomic mass is 10.1. The van der Waals surface area contributed by atoms with Crippen LogP contribution < -0.4 is 14.5 Å². The standard InChI is InChI=1S/C28H34F3N5O2S/c1-3-4-12-36(27-32-25(33-39-27)19-21-7-5-10-24(18-21)38-2)13-11-26(37)35-16-14-34(15-17-35)23-9-6-8-22(20-23)28(29,30)31/h5-10,18,20H,3-4,11-17,19H2,1-2H3. The summed E-state index contributed by atoms with van der Waals surface area (Å²) >= 11 is 1.35. The summed E-state index contributed by atoms with van der Waals surface area (Å²) in [5.74, 6) is 1.57. The van der Waals surface area contributed by atoms with Gasteiger partial charge in [0, 0.05) is 69.3 Å². The van der Waals surface area contributed by atoms with Crippen LogP contribution in [0.15, 0.2) is 48.5 Å². The molecule has 1 amide bonds. The van der Waals surface area contributed by atoms with Crippen molar-refractivity contribution in [3.05, 3.63) is 65.5 Å². The SMILES string of the molecule is CCCCN(CCC(=O)N1CCN(c2cccc(C(F)(F)F)c2)CC1)c1nc(Cc2cccc(OC)c2)ns1. The molecule has 2 heterocycles. The molecule has 0 aliphatic carbocycles. The second kappa shape index (κ2) is 13.1. The topological polar surface area (TPSA) is 61.8 Å². The monoisotopic (exact) mass is 561 g/mol. The summed E-state index contributed by atoms with van der Waals surface area (Å²) in [5, 5.41) is 0.809. The Morgan fingerprint density at radius 2 is 1.85 bits per heavy atom. The van der Waals surface area contributed by atoms with Gasteiger partial charge in [0.1, 0.15) is 11.6 Å². The maximum absolute atomic E-state index is 13.1. The first-order chi connectivity index (χ1) is 18.8. The number of alkyl halides is 3. The van der Waals surface area contributed by atoms with Crippen LogP contribution in [0.5, 0.6) is 5.75 Å². The van der Waals surface area contributed by atoms with E-state index in [1.54, 1.807) is 18.1 Å². The molecule has 2 aromatic carbocycles. The van der Waals surface area contributed by atoms with Crippen molar-refractivity contribution in [1.29, 1.82) is 0 Å². The predicted octanol–water partition coefficient (Wildman–Crippen LogP) is 5.50. The minimum atomic E-state index is -4.37. The van der Waals surface area contributed by atoms with E-state index >= 15 is 0 Å². The van der Waals surface area contributed by atoms with Gasteiger partial charge in [-0.15, -0.1) is 0 Å². The number of benzene rings is 2. The molecular formula is C28H34F3N5O2S. The Morgan fingerprint density at radius 3 is 2.56 bits per heavy atom. The highest BCUT2D eigenvalue weighted by Crippen LogP contribution is 2.32. The summed E-state index contributed by atoms with van der Waals surface area (Å²) in [7, 11) is 1.64. The van der Waals surface area contributed by atoms with Crippen LogP contribution in [0.4, 0.5) is 24.0 Å². The van der Waals surface area contributed by atoms with Gasteiger partial charge in [0.2, 0.25) is 11.0 Å². The highest BCUT2D eigenvalue weighted by molar-refractivity contribution is 7.09. The third-order valence-electron chi connectivity index (χ3n) is 6.77. The first-order valence-electron chi connectivity index (χ1n) is 13.2. The molecule has 210 valence electrons. The molecule has 3 aromatic rings. The Morgan fingerprint density at radius 1 is 1.08 bits per heavy atom. The summed E-state index contributed by atoms with van der Waals surface area (Å²) in [6.07, 6.45) is -1.42. The van der Waals surface area contributed by atoms with Crippen molar-refractivity contribution in [2.75, 3.05) is 56.2 Å². The zero-order valence-corrected chi connectivity index (χ0v) is 23.1. The average molecular weight is 562 g/mol. The number of anilines is 2. The second-order valence-electron chi connectivity index (χ2n) is 9.53. The van der Waals surface area contributed by atoms with Gasteiger partial charge in [-0.3, -0.25) is 4.79 Å². The number of amides is 1. The fraction of sp³-hybridized carbons (Fsp3) is 0.464. The average Bonchev–Trinajstić information content (AvgIpc) is 3.41. The molecule has 0 saturated carbocycles. The molecule has 7 nitrogen and oxygen atoms in total. The largest absolute Gasteiger partial charge is 0.497 e. The Kier molecular flexibility index (Phi) is 9.66. The number of piperazine rings is 1. The Bertz CT molecular complexity index is 1230. The molecule has 11 heteroatoms. The van der Waals surface area contributed by atoms with E-state index in [0.29, 0.717) is 51.3 Å². The number of halogens is 3. The molecule has 1 aliphatic heterocycles. The van der Waals surface area contributed by atoms with E-state index in [2.05, 4.69) is 16.2 Å². The molecule has 0 N–H and O–H groups in total. The van der Waals surface area contributed by atoms with E-state index in [0.717, 1.165) is 47.7 Å². The third-order valence-corrected chi connectivity index (χ3v) is 7.59. The summed E-state index contributed by atoms with van der Waals surface area (Å²) in [6, 6.07) is 13.2. The van der Waals surface area contributed by atoms with Crippen molar-refractivity contribution in [2.24, 2.45) is 0 Å². The number of nitrogens with zero attached hydrogens (tertiary/aromatic N) is 5. The molecule has 0 radical (unpaired) electrons. The molecule has 0 unspecified atom stereocenters. The lowest BCUT2D eigenvalue weighted by Crippen LogP contribution is -2.49. The van der Waals surface area contributed by atoms with Gasteiger partial charge in [0.15, 0.2) is 0 Å². The van der Waals surface area contributed by atoms with Gasteiger partial charge in [-0.2, -0.15) is 17.5 Å². The highest BCUT2D eigenvalue weighted by atomic mass is 32.1. The minimum Gasteiger partial charge on any atom is -0.497 e. The fourth-order valence-electron chi connectivity index (χ4n) is 4.54. The van der Waals surface area contributed by atoms with Gasteiger partial charge in [0.05, 0.1) is 12.7 Å². The van der Waals surface area contributed by atoms with Crippen molar-refractivity contribution >= 4 is 28.3 Å².